The number of nitrogens with one attached hydrogen (secondary N) is 1. The van der Waals surface area contributed by atoms with E-state index in [0.29, 0.717) is 11.4 Å². The Labute approximate surface area is 102 Å². The van der Waals surface area contributed by atoms with Gasteiger partial charge in [0.05, 0.1) is 11.0 Å². The molecule has 5 heteroatoms. The third kappa shape index (κ3) is 3.06. The highest BCUT2D eigenvalue weighted by molar-refractivity contribution is 7.89. The van der Waals surface area contributed by atoms with Crippen molar-refractivity contribution in [2.45, 2.75) is 30.8 Å². The van der Waals surface area contributed by atoms with Crippen LogP contribution in [0.3, 0.4) is 0 Å². The molecule has 1 saturated heterocycles. The molecule has 1 unspecified atom stereocenters. The first-order valence-electron chi connectivity index (χ1n) is 5.82. The highest BCUT2D eigenvalue weighted by Gasteiger charge is 2.21. The van der Waals surface area contributed by atoms with Gasteiger partial charge in [-0.25, -0.2) is 13.1 Å². The summed E-state index contributed by atoms with van der Waals surface area (Å²) in [6.07, 6.45) is 1.88. The molecule has 4 nitrogen and oxygen atoms in total. The maximum Gasteiger partial charge on any atom is 0.240 e. The summed E-state index contributed by atoms with van der Waals surface area (Å²) < 4.78 is 31.6. The van der Waals surface area contributed by atoms with E-state index in [1.54, 1.807) is 12.1 Å². The molecule has 0 spiro atoms. The molecule has 1 fully saturated rings. The van der Waals surface area contributed by atoms with E-state index in [9.17, 15) is 8.42 Å². The predicted molar refractivity (Wildman–Crippen MR) is 65.4 cm³/mol. The molecule has 2 rings (SSSR count). The minimum Gasteiger partial charge on any atom is -0.377 e. The first kappa shape index (κ1) is 12.5. The molecule has 1 heterocycles. The molecule has 0 aliphatic carbocycles. The van der Waals surface area contributed by atoms with Crippen LogP contribution < -0.4 is 4.72 Å². The zero-order chi connectivity index (χ0) is 12.3. The Morgan fingerprint density at radius 3 is 2.47 bits per heavy atom. The normalized spacial score (nSPS) is 19.9. The smallest absolute Gasteiger partial charge is 0.240 e. The van der Waals surface area contributed by atoms with Crippen LogP contribution >= 0.6 is 0 Å². The highest BCUT2D eigenvalue weighted by atomic mass is 32.2. The molecule has 0 bridgehead atoms. The number of benzene rings is 1. The van der Waals surface area contributed by atoms with Crippen molar-refractivity contribution in [2.75, 3.05) is 13.2 Å². The molecular weight excluding hydrogens is 238 g/mol. The number of hydrogen-bond donors (Lipinski definition) is 1. The summed E-state index contributed by atoms with van der Waals surface area (Å²) in [4.78, 5) is 0.314. The van der Waals surface area contributed by atoms with E-state index in [-0.39, 0.29) is 6.10 Å². The molecule has 0 aromatic heterocycles. The fraction of sp³-hybridized carbons (Fsp3) is 0.500. The maximum atomic E-state index is 11.9. The monoisotopic (exact) mass is 255 g/mol. The number of ether oxygens (including phenoxy) is 1. The van der Waals surface area contributed by atoms with E-state index >= 15 is 0 Å². The molecule has 0 saturated carbocycles. The van der Waals surface area contributed by atoms with E-state index in [4.69, 9.17) is 4.74 Å². The summed E-state index contributed by atoms with van der Waals surface area (Å²) in [6.45, 7) is 3.13. The second-order valence-corrected chi connectivity index (χ2v) is 5.90. The van der Waals surface area contributed by atoms with Crippen LogP contribution in [0.25, 0.3) is 0 Å². The van der Waals surface area contributed by atoms with Crippen molar-refractivity contribution in [3.05, 3.63) is 29.8 Å². The Kier molecular flexibility index (Phi) is 3.81. The van der Waals surface area contributed by atoms with Crippen LogP contribution in [-0.2, 0) is 21.2 Å². The molecule has 0 radical (unpaired) electrons. The molecule has 0 amide bonds. The number of rotatable bonds is 5. The fourth-order valence-corrected chi connectivity index (χ4v) is 2.70. The summed E-state index contributed by atoms with van der Waals surface area (Å²) >= 11 is 0. The SMILES string of the molecule is CCc1ccc(S(=O)(=O)NCC2CCO2)cc1. The minimum atomic E-state index is -3.39. The van der Waals surface area contributed by atoms with Crippen molar-refractivity contribution in [2.24, 2.45) is 0 Å². The van der Waals surface area contributed by atoms with E-state index in [1.165, 1.54) is 0 Å². The van der Waals surface area contributed by atoms with Crippen LogP contribution in [0.2, 0.25) is 0 Å². The Morgan fingerprint density at radius 1 is 1.35 bits per heavy atom. The van der Waals surface area contributed by atoms with Gasteiger partial charge in [-0.2, -0.15) is 0 Å². The van der Waals surface area contributed by atoms with Gasteiger partial charge in [-0.1, -0.05) is 19.1 Å². The topological polar surface area (TPSA) is 55.4 Å². The van der Waals surface area contributed by atoms with Crippen LogP contribution in [0.4, 0.5) is 0 Å². The van der Waals surface area contributed by atoms with Crippen molar-refractivity contribution < 1.29 is 13.2 Å². The van der Waals surface area contributed by atoms with Gasteiger partial charge in [-0.3, -0.25) is 0 Å². The van der Waals surface area contributed by atoms with E-state index < -0.39 is 10.0 Å². The molecule has 17 heavy (non-hydrogen) atoms. The summed E-state index contributed by atoms with van der Waals surface area (Å²) in [5.41, 5.74) is 1.13. The highest BCUT2D eigenvalue weighted by Crippen LogP contribution is 2.13. The summed E-state index contributed by atoms with van der Waals surface area (Å²) in [5.74, 6) is 0. The van der Waals surface area contributed by atoms with Gasteiger partial charge >= 0.3 is 0 Å². The first-order valence-corrected chi connectivity index (χ1v) is 7.30. The molecule has 1 aromatic rings. The lowest BCUT2D eigenvalue weighted by atomic mass is 10.2. The van der Waals surface area contributed by atoms with Gasteiger partial charge in [0.15, 0.2) is 0 Å². The number of sulfonamides is 1. The third-order valence-electron chi connectivity index (χ3n) is 2.94. The van der Waals surface area contributed by atoms with Gasteiger partial charge in [0.25, 0.3) is 0 Å². The number of hydrogen-bond acceptors (Lipinski definition) is 3. The zero-order valence-electron chi connectivity index (χ0n) is 9.85. The van der Waals surface area contributed by atoms with E-state index in [2.05, 4.69) is 4.72 Å². The molecule has 94 valence electrons. The van der Waals surface area contributed by atoms with Crippen LogP contribution in [0.1, 0.15) is 18.9 Å². The molecule has 1 aliphatic rings. The zero-order valence-corrected chi connectivity index (χ0v) is 10.7. The van der Waals surface area contributed by atoms with Crippen LogP contribution in [0.5, 0.6) is 0 Å². The van der Waals surface area contributed by atoms with Crippen molar-refractivity contribution >= 4 is 10.0 Å². The lowest BCUT2D eigenvalue weighted by molar-refractivity contribution is -0.0455. The standard InChI is InChI=1S/C12H17NO3S/c1-2-10-3-5-12(6-4-10)17(14,15)13-9-11-7-8-16-11/h3-6,11,13H,2,7-9H2,1H3. The van der Waals surface area contributed by atoms with Gasteiger partial charge in [0.2, 0.25) is 10.0 Å². The summed E-state index contributed by atoms with van der Waals surface area (Å²) in [5, 5.41) is 0. The molecule has 1 atom stereocenters. The van der Waals surface area contributed by atoms with Crippen molar-refractivity contribution in [3.63, 3.8) is 0 Å². The molecular formula is C12H17NO3S. The molecule has 1 N–H and O–H groups in total. The van der Waals surface area contributed by atoms with Crippen LogP contribution in [-0.4, -0.2) is 27.7 Å². The fourth-order valence-electron chi connectivity index (χ4n) is 1.64. The predicted octanol–water partition coefficient (Wildman–Crippen LogP) is 1.32. The third-order valence-corrected chi connectivity index (χ3v) is 4.38. The quantitative estimate of drug-likeness (QED) is 0.863. The minimum absolute atomic E-state index is 0.0414. The van der Waals surface area contributed by atoms with Gasteiger partial charge in [-0.05, 0) is 30.5 Å². The van der Waals surface area contributed by atoms with Crippen LogP contribution in [0.15, 0.2) is 29.2 Å². The average molecular weight is 255 g/mol. The van der Waals surface area contributed by atoms with Gasteiger partial charge in [0.1, 0.15) is 0 Å². The maximum absolute atomic E-state index is 11.9. The number of aryl methyl sites for hydroxylation is 1. The lowest BCUT2D eigenvalue weighted by Gasteiger charge is -2.26. The van der Waals surface area contributed by atoms with Gasteiger partial charge in [0, 0.05) is 13.2 Å². The lowest BCUT2D eigenvalue weighted by Crippen LogP contribution is -2.39. The Morgan fingerprint density at radius 2 is 2.00 bits per heavy atom. The van der Waals surface area contributed by atoms with E-state index in [1.807, 2.05) is 19.1 Å². The van der Waals surface area contributed by atoms with Gasteiger partial charge < -0.3 is 4.74 Å². The van der Waals surface area contributed by atoms with Crippen molar-refractivity contribution in [1.82, 2.24) is 4.72 Å². The Hall–Kier alpha value is -0.910. The second kappa shape index (κ2) is 5.16. The van der Waals surface area contributed by atoms with E-state index in [0.717, 1.165) is 25.0 Å². The van der Waals surface area contributed by atoms with Gasteiger partial charge in [-0.15, -0.1) is 0 Å². The average Bonchev–Trinajstić information content (AvgIpc) is 2.27. The van der Waals surface area contributed by atoms with Crippen molar-refractivity contribution in [1.29, 1.82) is 0 Å². The second-order valence-electron chi connectivity index (χ2n) is 4.13. The summed E-state index contributed by atoms with van der Waals surface area (Å²) in [7, 11) is -3.39. The summed E-state index contributed by atoms with van der Waals surface area (Å²) in [6, 6.07) is 6.97. The van der Waals surface area contributed by atoms with Crippen LogP contribution in [0, 0.1) is 0 Å². The van der Waals surface area contributed by atoms with Crippen molar-refractivity contribution in [3.8, 4) is 0 Å². The largest absolute Gasteiger partial charge is 0.377 e. The Balaban J connectivity index is 2.02. The first-order chi connectivity index (χ1) is 8.12. The molecule has 1 aliphatic heterocycles. The Bertz CT molecular complexity index is 463. The molecule has 1 aromatic carbocycles.